The van der Waals surface area contributed by atoms with Crippen LogP contribution in [0.15, 0.2) is 18.2 Å². The topological polar surface area (TPSA) is 54.1 Å². The van der Waals surface area contributed by atoms with Gasteiger partial charge in [-0.2, -0.15) is 0 Å². The Morgan fingerprint density at radius 3 is 3.05 bits per heavy atom. The first-order chi connectivity index (χ1) is 10.8. The first-order valence-corrected chi connectivity index (χ1v) is 8.35. The van der Waals surface area contributed by atoms with Gasteiger partial charge in [0.05, 0.1) is 17.2 Å². The number of carbonyl (C=O) groups excluding carboxylic acids is 1. The number of nitrogens with one attached hydrogen (secondary N) is 2. The van der Waals surface area contributed by atoms with E-state index in [4.69, 9.17) is 4.74 Å². The van der Waals surface area contributed by atoms with E-state index in [2.05, 4.69) is 16.4 Å². The number of rotatable bonds is 3. The third kappa shape index (κ3) is 2.41. The average Bonchev–Trinajstić information content (AvgIpc) is 3.19. The molecule has 1 fully saturated rings. The van der Waals surface area contributed by atoms with Crippen molar-refractivity contribution >= 4 is 16.8 Å². The van der Waals surface area contributed by atoms with Gasteiger partial charge < -0.3 is 15.0 Å². The number of para-hydroxylation sites is 1. The van der Waals surface area contributed by atoms with E-state index in [0.717, 1.165) is 43.4 Å². The van der Waals surface area contributed by atoms with Gasteiger partial charge in [-0.3, -0.25) is 4.79 Å². The maximum Gasteiger partial charge on any atom is 0.253 e. The molecule has 0 unspecified atom stereocenters. The number of fused-ring (bicyclic) bond motifs is 3. The molecular weight excluding hydrogens is 276 g/mol. The Hall–Kier alpha value is -1.81. The molecule has 1 atom stereocenters. The SMILES string of the molecule is O=C(NC[C@@H]1CCCO1)c1cccc2c3c([nH]c12)CCCC3. The summed E-state index contributed by atoms with van der Waals surface area (Å²) in [6.45, 7) is 1.43. The highest BCUT2D eigenvalue weighted by molar-refractivity contribution is 6.06. The van der Waals surface area contributed by atoms with Crippen LogP contribution >= 0.6 is 0 Å². The lowest BCUT2D eigenvalue weighted by molar-refractivity contribution is 0.0859. The number of amides is 1. The summed E-state index contributed by atoms with van der Waals surface area (Å²) in [4.78, 5) is 16.0. The zero-order valence-corrected chi connectivity index (χ0v) is 12.8. The van der Waals surface area contributed by atoms with E-state index in [9.17, 15) is 4.79 Å². The highest BCUT2D eigenvalue weighted by atomic mass is 16.5. The van der Waals surface area contributed by atoms with Crippen LogP contribution in [0.4, 0.5) is 0 Å². The van der Waals surface area contributed by atoms with Crippen LogP contribution in [0.5, 0.6) is 0 Å². The Kier molecular flexibility index (Phi) is 3.62. The summed E-state index contributed by atoms with van der Waals surface area (Å²) in [6, 6.07) is 6.04. The van der Waals surface area contributed by atoms with Crippen LogP contribution in [0.2, 0.25) is 0 Å². The van der Waals surface area contributed by atoms with Crippen molar-refractivity contribution in [3.63, 3.8) is 0 Å². The van der Waals surface area contributed by atoms with Gasteiger partial charge in [0.15, 0.2) is 0 Å². The molecule has 1 aromatic heterocycles. The van der Waals surface area contributed by atoms with Crippen molar-refractivity contribution in [3.8, 4) is 0 Å². The summed E-state index contributed by atoms with van der Waals surface area (Å²) in [5.41, 5.74) is 4.49. The molecule has 4 nitrogen and oxygen atoms in total. The van der Waals surface area contributed by atoms with Gasteiger partial charge in [0.1, 0.15) is 0 Å². The number of H-pyrrole nitrogens is 1. The van der Waals surface area contributed by atoms with Crippen LogP contribution in [0.1, 0.15) is 47.3 Å². The summed E-state index contributed by atoms with van der Waals surface area (Å²) in [5.74, 6) is -0.000281. The van der Waals surface area contributed by atoms with Crippen LogP contribution in [0.25, 0.3) is 10.9 Å². The van der Waals surface area contributed by atoms with E-state index in [1.807, 2.05) is 12.1 Å². The Balaban J connectivity index is 1.60. The third-order valence-electron chi connectivity index (χ3n) is 4.89. The fourth-order valence-corrected chi connectivity index (χ4v) is 3.73. The lowest BCUT2D eigenvalue weighted by Crippen LogP contribution is -2.31. The zero-order chi connectivity index (χ0) is 14.9. The number of carbonyl (C=O) groups is 1. The minimum Gasteiger partial charge on any atom is -0.376 e. The van der Waals surface area contributed by atoms with Gasteiger partial charge >= 0.3 is 0 Å². The molecule has 4 rings (SSSR count). The third-order valence-corrected chi connectivity index (χ3v) is 4.89. The quantitative estimate of drug-likeness (QED) is 0.915. The summed E-state index contributed by atoms with van der Waals surface area (Å²) in [6.07, 6.45) is 7.02. The Morgan fingerprint density at radius 2 is 2.18 bits per heavy atom. The lowest BCUT2D eigenvalue weighted by Gasteiger charge is -2.11. The number of benzene rings is 1. The van der Waals surface area contributed by atoms with Crippen molar-refractivity contribution in [3.05, 3.63) is 35.0 Å². The fourth-order valence-electron chi connectivity index (χ4n) is 3.73. The molecule has 2 aromatic rings. The predicted molar refractivity (Wildman–Crippen MR) is 86.2 cm³/mol. The molecule has 1 aliphatic carbocycles. The molecule has 1 aromatic carbocycles. The van der Waals surface area contributed by atoms with Crippen LogP contribution in [-0.4, -0.2) is 30.1 Å². The van der Waals surface area contributed by atoms with Gasteiger partial charge in [-0.25, -0.2) is 0 Å². The monoisotopic (exact) mass is 298 g/mol. The van der Waals surface area contributed by atoms with Gasteiger partial charge in [-0.15, -0.1) is 0 Å². The first-order valence-electron chi connectivity index (χ1n) is 8.35. The molecule has 2 heterocycles. The second-order valence-corrected chi connectivity index (χ2v) is 6.36. The predicted octanol–water partition coefficient (Wildman–Crippen LogP) is 2.96. The Morgan fingerprint density at radius 1 is 1.27 bits per heavy atom. The number of ether oxygens (including phenoxy) is 1. The maximum absolute atomic E-state index is 12.5. The van der Waals surface area contributed by atoms with Gasteiger partial charge in [-0.1, -0.05) is 12.1 Å². The molecule has 2 aliphatic rings. The Labute approximate surface area is 130 Å². The van der Waals surface area contributed by atoms with Crippen molar-refractivity contribution in [2.24, 2.45) is 0 Å². The van der Waals surface area contributed by atoms with E-state index in [0.29, 0.717) is 6.54 Å². The van der Waals surface area contributed by atoms with E-state index < -0.39 is 0 Å². The largest absolute Gasteiger partial charge is 0.376 e. The second kappa shape index (κ2) is 5.76. The highest BCUT2D eigenvalue weighted by Crippen LogP contribution is 2.30. The van der Waals surface area contributed by atoms with Crippen LogP contribution < -0.4 is 5.32 Å². The van der Waals surface area contributed by atoms with Gasteiger partial charge in [0.25, 0.3) is 5.91 Å². The lowest BCUT2D eigenvalue weighted by atomic mass is 9.95. The van der Waals surface area contributed by atoms with E-state index in [-0.39, 0.29) is 12.0 Å². The highest BCUT2D eigenvalue weighted by Gasteiger charge is 2.21. The molecule has 0 radical (unpaired) electrons. The first kappa shape index (κ1) is 13.8. The number of aryl methyl sites for hydroxylation is 2. The molecule has 0 saturated carbocycles. The molecule has 116 valence electrons. The van der Waals surface area contributed by atoms with E-state index >= 15 is 0 Å². The van der Waals surface area contributed by atoms with Crippen molar-refractivity contribution in [1.29, 1.82) is 0 Å². The van der Waals surface area contributed by atoms with Crippen LogP contribution in [0, 0.1) is 0 Å². The number of hydrogen-bond acceptors (Lipinski definition) is 2. The maximum atomic E-state index is 12.5. The number of hydrogen-bond donors (Lipinski definition) is 2. The molecule has 22 heavy (non-hydrogen) atoms. The molecular formula is C18H22N2O2. The normalized spacial score (nSPS) is 21.0. The van der Waals surface area contributed by atoms with E-state index in [1.54, 1.807) is 0 Å². The van der Waals surface area contributed by atoms with Gasteiger partial charge in [0, 0.05) is 24.2 Å². The second-order valence-electron chi connectivity index (χ2n) is 6.36. The minimum atomic E-state index is -0.000281. The number of aromatic nitrogens is 1. The molecule has 1 aliphatic heterocycles. The molecule has 4 heteroatoms. The summed E-state index contributed by atoms with van der Waals surface area (Å²) in [7, 11) is 0. The minimum absolute atomic E-state index is 0.000281. The van der Waals surface area contributed by atoms with Crippen LogP contribution in [0.3, 0.4) is 0 Å². The van der Waals surface area contributed by atoms with Crippen molar-refractivity contribution in [2.45, 2.75) is 44.6 Å². The average molecular weight is 298 g/mol. The zero-order valence-electron chi connectivity index (χ0n) is 12.8. The standard InChI is InChI=1S/C18H22N2O2/c21-18(19-11-12-5-4-10-22-12)15-8-3-7-14-13-6-1-2-9-16(13)20-17(14)15/h3,7-8,12,20H,1-2,4-6,9-11H2,(H,19,21)/t12-/m0/s1. The van der Waals surface area contributed by atoms with Crippen molar-refractivity contribution in [2.75, 3.05) is 13.2 Å². The summed E-state index contributed by atoms with van der Waals surface area (Å²) in [5, 5.41) is 4.25. The molecule has 0 spiro atoms. The Bertz CT molecular complexity index is 698. The number of aromatic amines is 1. The van der Waals surface area contributed by atoms with E-state index in [1.165, 1.54) is 29.5 Å². The molecule has 0 bridgehead atoms. The van der Waals surface area contributed by atoms with Gasteiger partial charge in [0.2, 0.25) is 0 Å². The summed E-state index contributed by atoms with van der Waals surface area (Å²) < 4.78 is 5.57. The van der Waals surface area contributed by atoms with Crippen molar-refractivity contribution in [1.82, 2.24) is 10.3 Å². The van der Waals surface area contributed by atoms with Gasteiger partial charge in [-0.05, 0) is 50.2 Å². The molecule has 1 saturated heterocycles. The van der Waals surface area contributed by atoms with Crippen LogP contribution in [-0.2, 0) is 17.6 Å². The molecule has 2 N–H and O–H groups in total. The fraction of sp³-hybridized carbons (Fsp3) is 0.500. The summed E-state index contributed by atoms with van der Waals surface area (Å²) >= 11 is 0. The molecule has 1 amide bonds. The van der Waals surface area contributed by atoms with Crippen molar-refractivity contribution < 1.29 is 9.53 Å². The smallest absolute Gasteiger partial charge is 0.253 e.